The predicted molar refractivity (Wildman–Crippen MR) is 75.8 cm³/mol. The molecule has 0 aromatic heterocycles. The van der Waals surface area contributed by atoms with Gasteiger partial charge in [0.05, 0.1) is 0 Å². The SMILES string of the molecule is Cl.NCC1CCN(Cc2ccc(Cl)cc2)CC1. The van der Waals surface area contributed by atoms with E-state index in [4.69, 9.17) is 17.3 Å². The van der Waals surface area contributed by atoms with E-state index in [0.29, 0.717) is 0 Å². The Labute approximate surface area is 115 Å². The summed E-state index contributed by atoms with van der Waals surface area (Å²) < 4.78 is 0. The second-order valence-corrected chi connectivity index (χ2v) is 5.02. The van der Waals surface area contributed by atoms with Crippen LogP contribution in [0.15, 0.2) is 24.3 Å². The normalized spacial score (nSPS) is 17.8. The summed E-state index contributed by atoms with van der Waals surface area (Å²) in [6, 6.07) is 8.14. The fourth-order valence-corrected chi connectivity index (χ4v) is 2.35. The molecule has 0 amide bonds. The van der Waals surface area contributed by atoms with E-state index in [1.165, 1.54) is 31.5 Å². The summed E-state index contributed by atoms with van der Waals surface area (Å²) in [7, 11) is 0. The number of hydrogen-bond donors (Lipinski definition) is 1. The summed E-state index contributed by atoms with van der Waals surface area (Å²) in [6.07, 6.45) is 2.48. The quantitative estimate of drug-likeness (QED) is 0.919. The molecule has 0 saturated carbocycles. The number of piperidine rings is 1. The molecule has 0 aliphatic carbocycles. The second-order valence-electron chi connectivity index (χ2n) is 4.58. The fraction of sp³-hybridized carbons (Fsp3) is 0.538. The van der Waals surface area contributed by atoms with E-state index in [-0.39, 0.29) is 12.4 Å². The van der Waals surface area contributed by atoms with Crippen molar-refractivity contribution in [2.45, 2.75) is 19.4 Å². The highest BCUT2D eigenvalue weighted by Gasteiger charge is 2.17. The van der Waals surface area contributed by atoms with Crippen LogP contribution in [-0.2, 0) is 6.54 Å². The van der Waals surface area contributed by atoms with E-state index in [2.05, 4.69) is 17.0 Å². The van der Waals surface area contributed by atoms with Crippen molar-refractivity contribution in [3.05, 3.63) is 34.9 Å². The molecule has 1 saturated heterocycles. The molecule has 0 bridgehead atoms. The van der Waals surface area contributed by atoms with E-state index in [0.717, 1.165) is 24.0 Å². The zero-order chi connectivity index (χ0) is 11.4. The zero-order valence-electron chi connectivity index (χ0n) is 9.94. The van der Waals surface area contributed by atoms with Gasteiger partial charge in [0.2, 0.25) is 0 Å². The third kappa shape index (κ3) is 4.47. The van der Waals surface area contributed by atoms with Gasteiger partial charge in [0.1, 0.15) is 0 Å². The number of likely N-dealkylation sites (tertiary alicyclic amines) is 1. The predicted octanol–water partition coefficient (Wildman–Crippen LogP) is 2.93. The summed E-state index contributed by atoms with van der Waals surface area (Å²) in [4.78, 5) is 2.50. The van der Waals surface area contributed by atoms with Crippen LogP contribution in [-0.4, -0.2) is 24.5 Å². The minimum Gasteiger partial charge on any atom is -0.330 e. The van der Waals surface area contributed by atoms with Crippen molar-refractivity contribution < 1.29 is 0 Å². The smallest absolute Gasteiger partial charge is 0.0406 e. The molecule has 1 heterocycles. The lowest BCUT2D eigenvalue weighted by Crippen LogP contribution is -2.35. The maximum Gasteiger partial charge on any atom is 0.0406 e. The maximum atomic E-state index is 5.86. The van der Waals surface area contributed by atoms with Crippen molar-refractivity contribution in [2.24, 2.45) is 11.7 Å². The highest BCUT2D eigenvalue weighted by Crippen LogP contribution is 2.18. The van der Waals surface area contributed by atoms with Crippen LogP contribution in [0.5, 0.6) is 0 Å². The Morgan fingerprint density at radius 1 is 1.18 bits per heavy atom. The van der Waals surface area contributed by atoms with Gasteiger partial charge >= 0.3 is 0 Å². The van der Waals surface area contributed by atoms with Gasteiger partial charge in [-0.25, -0.2) is 0 Å². The molecule has 2 rings (SSSR count). The Hall–Kier alpha value is -0.280. The molecule has 1 fully saturated rings. The van der Waals surface area contributed by atoms with Gasteiger partial charge in [-0.15, -0.1) is 12.4 Å². The first kappa shape index (κ1) is 14.8. The molecule has 1 aromatic carbocycles. The van der Waals surface area contributed by atoms with E-state index in [9.17, 15) is 0 Å². The topological polar surface area (TPSA) is 29.3 Å². The molecule has 1 aromatic rings. The Bertz CT molecular complexity index is 319. The van der Waals surface area contributed by atoms with E-state index < -0.39 is 0 Å². The summed E-state index contributed by atoms with van der Waals surface area (Å²) in [5.41, 5.74) is 7.03. The van der Waals surface area contributed by atoms with Crippen LogP contribution < -0.4 is 5.73 Å². The van der Waals surface area contributed by atoms with Crippen LogP contribution >= 0.6 is 24.0 Å². The average molecular weight is 275 g/mol. The molecule has 4 heteroatoms. The monoisotopic (exact) mass is 274 g/mol. The Morgan fingerprint density at radius 3 is 2.29 bits per heavy atom. The standard InChI is InChI=1S/C13H19ClN2.ClH/c14-13-3-1-12(2-4-13)10-16-7-5-11(9-15)6-8-16;/h1-4,11H,5-10,15H2;1H. The number of rotatable bonds is 3. The number of nitrogens with zero attached hydrogens (tertiary/aromatic N) is 1. The van der Waals surface area contributed by atoms with Crippen molar-refractivity contribution in [3.63, 3.8) is 0 Å². The van der Waals surface area contributed by atoms with Gasteiger partial charge < -0.3 is 5.73 Å². The van der Waals surface area contributed by atoms with E-state index >= 15 is 0 Å². The minimum absolute atomic E-state index is 0. The van der Waals surface area contributed by atoms with Crippen LogP contribution in [0.25, 0.3) is 0 Å². The maximum absolute atomic E-state index is 5.86. The van der Waals surface area contributed by atoms with E-state index in [1.54, 1.807) is 0 Å². The Balaban J connectivity index is 0.00000144. The largest absolute Gasteiger partial charge is 0.330 e. The lowest BCUT2D eigenvalue weighted by Gasteiger charge is -2.31. The Morgan fingerprint density at radius 2 is 1.76 bits per heavy atom. The first-order chi connectivity index (χ1) is 7.78. The molecule has 2 N–H and O–H groups in total. The average Bonchev–Trinajstić information content (AvgIpc) is 2.33. The molecular weight excluding hydrogens is 255 g/mol. The summed E-state index contributed by atoms with van der Waals surface area (Å²) in [5, 5.41) is 0.811. The molecule has 0 atom stereocenters. The molecule has 2 nitrogen and oxygen atoms in total. The molecular formula is C13H20Cl2N2. The van der Waals surface area contributed by atoms with E-state index in [1.807, 2.05) is 12.1 Å². The summed E-state index contributed by atoms with van der Waals surface area (Å²) in [6.45, 7) is 4.22. The van der Waals surface area contributed by atoms with Gasteiger partial charge in [-0.2, -0.15) is 0 Å². The van der Waals surface area contributed by atoms with Gasteiger partial charge in [0.25, 0.3) is 0 Å². The highest BCUT2D eigenvalue weighted by molar-refractivity contribution is 6.30. The molecule has 96 valence electrons. The number of halogens is 2. The summed E-state index contributed by atoms with van der Waals surface area (Å²) in [5.74, 6) is 0.737. The lowest BCUT2D eigenvalue weighted by molar-refractivity contribution is 0.180. The van der Waals surface area contributed by atoms with Crippen LogP contribution in [0.3, 0.4) is 0 Å². The number of benzene rings is 1. The van der Waals surface area contributed by atoms with Crippen molar-refractivity contribution in [2.75, 3.05) is 19.6 Å². The van der Waals surface area contributed by atoms with Gasteiger partial charge in [0.15, 0.2) is 0 Å². The van der Waals surface area contributed by atoms with Crippen LogP contribution in [0.2, 0.25) is 5.02 Å². The summed E-state index contributed by atoms with van der Waals surface area (Å²) >= 11 is 5.86. The number of hydrogen-bond acceptors (Lipinski definition) is 2. The first-order valence-corrected chi connectivity index (χ1v) is 6.32. The molecule has 0 spiro atoms. The second kappa shape index (κ2) is 7.22. The first-order valence-electron chi connectivity index (χ1n) is 5.95. The molecule has 17 heavy (non-hydrogen) atoms. The van der Waals surface area contributed by atoms with Gasteiger partial charge in [-0.3, -0.25) is 4.90 Å². The zero-order valence-corrected chi connectivity index (χ0v) is 11.5. The third-order valence-corrected chi connectivity index (χ3v) is 3.61. The fourth-order valence-electron chi connectivity index (χ4n) is 2.23. The molecule has 1 aliphatic rings. The van der Waals surface area contributed by atoms with Crippen LogP contribution in [0.4, 0.5) is 0 Å². The molecule has 1 aliphatic heterocycles. The van der Waals surface area contributed by atoms with Crippen molar-refractivity contribution in [1.82, 2.24) is 4.90 Å². The van der Waals surface area contributed by atoms with Gasteiger partial charge in [0, 0.05) is 11.6 Å². The van der Waals surface area contributed by atoms with Crippen molar-refractivity contribution >= 4 is 24.0 Å². The van der Waals surface area contributed by atoms with Gasteiger partial charge in [-0.1, -0.05) is 23.7 Å². The van der Waals surface area contributed by atoms with Crippen molar-refractivity contribution in [3.8, 4) is 0 Å². The van der Waals surface area contributed by atoms with Gasteiger partial charge in [-0.05, 0) is 56.1 Å². The molecule has 0 unspecified atom stereocenters. The van der Waals surface area contributed by atoms with Crippen molar-refractivity contribution in [1.29, 1.82) is 0 Å². The molecule has 0 radical (unpaired) electrons. The minimum atomic E-state index is 0. The van der Waals surface area contributed by atoms with Crippen LogP contribution in [0, 0.1) is 5.92 Å². The number of nitrogens with two attached hydrogens (primary N) is 1. The highest BCUT2D eigenvalue weighted by atomic mass is 35.5. The Kier molecular flexibility index (Phi) is 6.28. The van der Waals surface area contributed by atoms with Crippen LogP contribution in [0.1, 0.15) is 18.4 Å². The lowest BCUT2D eigenvalue weighted by atomic mass is 9.97. The third-order valence-electron chi connectivity index (χ3n) is 3.36.